The summed E-state index contributed by atoms with van der Waals surface area (Å²) in [5.74, 6) is -0.0693. The topological polar surface area (TPSA) is 59.8 Å². The molecule has 0 spiro atoms. The van der Waals surface area contributed by atoms with E-state index < -0.39 is 6.04 Å². The van der Waals surface area contributed by atoms with Crippen LogP contribution >= 0.6 is 11.3 Å². The van der Waals surface area contributed by atoms with E-state index in [1.165, 1.54) is 23.0 Å². The van der Waals surface area contributed by atoms with E-state index in [0.29, 0.717) is 17.1 Å². The second kappa shape index (κ2) is 8.59. The summed E-state index contributed by atoms with van der Waals surface area (Å²) in [6.45, 7) is 2.04. The molecule has 2 heterocycles. The van der Waals surface area contributed by atoms with Crippen molar-refractivity contribution < 1.29 is 9.18 Å². The first-order chi connectivity index (χ1) is 14.5. The van der Waals surface area contributed by atoms with Crippen molar-refractivity contribution in [1.29, 1.82) is 0 Å². The van der Waals surface area contributed by atoms with Crippen molar-refractivity contribution in [2.24, 2.45) is 7.05 Å². The number of hydrogen-bond donors (Lipinski definition) is 1. The van der Waals surface area contributed by atoms with Gasteiger partial charge >= 0.3 is 0 Å². The molecule has 152 valence electrons. The molecule has 1 N–H and O–H groups in total. The van der Waals surface area contributed by atoms with E-state index in [9.17, 15) is 9.18 Å². The zero-order valence-electron chi connectivity index (χ0n) is 16.7. The molecule has 2 aromatic carbocycles. The fourth-order valence-corrected chi connectivity index (χ4v) is 4.07. The molecule has 0 saturated carbocycles. The van der Waals surface area contributed by atoms with Gasteiger partial charge in [0.1, 0.15) is 22.7 Å². The molecule has 0 aliphatic heterocycles. The van der Waals surface area contributed by atoms with Crippen LogP contribution in [0.15, 0.2) is 66.3 Å². The van der Waals surface area contributed by atoms with Crippen molar-refractivity contribution in [3.05, 3.63) is 94.8 Å². The standard InChI is InChI=1S/C23H21FN4OS/c1-15-7-9-16(10-8-15)23-26-17(14-30-23)13-20(29)27-21(22-25-11-12-28(22)2)18-5-3-4-6-19(18)24/h3-12,14,21H,13H2,1-2H3,(H,27,29)/t21-/m1/s1. The first-order valence-electron chi connectivity index (χ1n) is 9.53. The number of thiazole rings is 1. The minimum Gasteiger partial charge on any atom is -0.342 e. The van der Waals surface area contributed by atoms with Crippen molar-refractivity contribution in [3.63, 3.8) is 0 Å². The van der Waals surface area contributed by atoms with Crippen LogP contribution in [0.4, 0.5) is 4.39 Å². The van der Waals surface area contributed by atoms with E-state index in [2.05, 4.69) is 15.3 Å². The van der Waals surface area contributed by atoms with E-state index in [4.69, 9.17) is 0 Å². The van der Waals surface area contributed by atoms with Gasteiger partial charge in [0.05, 0.1) is 12.1 Å². The van der Waals surface area contributed by atoms with Gasteiger partial charge in [-0.3, -0.25) is 4.79 Å². The molecule has 1 amide bonds. The van der Waals surface area contributed by atoms with Gasteiger partial charge in [-0.2, -0.15) is 0 Å². The summed E-state index contributed by atoms with van der Waals surface area (Å²) in [6, 6.07) is 13.8. The lowest BCUT2D eigenvalue weighted by atomic mass is 10.0. The number of benzene rings is 2. The molecule has 7 heteroatoms. The second-order valence-corrected chi connectivity index (χ2v) is 7.96. The molecule has 30 heavy (non-hydrogen) atoms. The maximum atomic E-state index is 14.5. The Morgan fingerprint density at radius 1 is 1.20 bits per heavy atom. The third-order valence-corrected chi connectivity index (χ3v) is 5.77. The van der Waals surface area contributed by atoms with E-state index in [1.54, 1.807) is 35.2 Å². The highest BCUT2D eigenvalue weighted by Crippen LogP contribution is 2.25. The molecule has 0 saturated heterocycles. The molecule has 0 unspecified atom stereocenters. The number of aryl methyl sites for hydroxylation is 2. The summed E-state index contributed by atoms with van der Waals surface area (Å²) < 4.78 is 16.2. The van der Waals surface area contributed by atoms with Gasteiger partial charge in [-0.15, -0.1) is 11.3 Å². The van der Waals surface area contributed by atoms with E-state index in [-0.39, 0.29) is 18.1 Å². The molecule has 0 aliphatic rings. The Balaban J connectivity index is 1.53. The average molecular weight is 421 g/mol. The fraction of sp³-hybridized carbons (Fsp3) is 0.174. The van der Waals surface area contributed by atoms with Crippen molar-refractivity contribution in [3.8, 4) is 10.6 Å². The number of nitrogens with one attached hydrogen (secondary N) is 1. The molecule has 5 nitrogen and oxygen atoms in total. The van der Waals surface area contributed by atoms with Crippen LogP contribution in [0, 0.1) is 12.7 Å². The molecule has 0 fully saturated rings. The minimum absolute atomic E-state index is 0.109. The van der Waals surface area contributed by atoms with Crippen molar-refractivity contribution in [2.45, 2.75) is 19.4 Å². The number of halogens is 1. The van der Waals surface area contributed by atoms with Gasteiger partial charge in [-0.1, -0.05) is 48.0 Å². The summed E-state index contributed by atoms with van der Waals surface area (Å²) in [5, 5.41) is 5.68. The normalized spacial score (nSPS) is 12.0. The van der Waals surface area contributed by atoms with Crippen LogP contribution in [0.5, 0.6) is 0 Å². The Morgan fingerprint density at radius 3 is 2.67 bits per heavy atom. The van der Waals surface area contributed by atoms with Crippen LogP contribution in [-0.2, 0) is 18.3 Å². The predicted octanol–water partition coefficient (Wildman–Crippen LogP) is 4.44. The monoisotopic (exact) mass is 420 g/mol. The Kier molecular flexibility index (Phi) is 5.72. The highest BCUT2D eigenvalue weighted by atomic mass is 32.1. The third-order valence-electron chi connectivity index (χ3n) is 4.83. The van der Waals surface area contributed by atoms with Crippen molar-refractivity contribution >= 4 is 17.2 Å². The van der Waals surface area contributed by atoms with Gasteiger partial charge < -0.3 is 9.88 Å². The molecule has 4 aromatic rings. The van der Waals surface area contributed by atoms with Crippen molar-refractivity contribution in [1.82, 2.24) is 19.9 Å². The molecule has 0 bridgehead atoms. The van der Waals surface area contributed by atoms with Gasteiger partial charge in [-0.25, -0.2) is 14.4 Å². The lowest BCUT2D eigenvalue weighted by molar-refractivity contribution is -0.121. The summed E-state index contributed by atoms with van der Waals surface area (Å²) in [4.78, 5) is 21.7. The molecule has 0 radical (unpaired) electrons. The van der Waals surface area contributed by atoms with Crippen LogP contribution in [-0.4, -0.2) is 20.4 Å². The molecular formula is C23H21FN4OS. The Bertz CT molecular complexity index is 1170. The minimum atomic E-state index is -0.686. The number of rotatable bonds is 6. The van der Waals surface area contributed by atoms with E-state index in [0.717, 1.165) is 10.6 Å². The van der Waals surface area contributed by atoms with Crippen LogP contribution in [0.2, 0.25) is 0 Å². The Morgan fingerprint density at radius 2 is 1.97 bits per heavy atom. The van der Waals surface area contributed by atoms with Crippen LogP contribution in [0.1, 0.15) is 28.7 Å². The van der Waals surface area contributed by atoms with Gasteiger partial charge in [0.25, 0.3) is 0 Å². The number of nitrogens with zero attached hydrogens (tertiary/aromatic N) is 3. The molecule has 0 aliphatic carbocycles. The highest BCUT2D eigenvalue weighted by molar-refractivity contribution is 7.13. The van der Waals surface area contributed by atoms with Gasteiger partial charge in [-0.05, 0) is 13.0 Å². The SMILES string of the molecule is Cc1ccc(-c2nc(CC(=O)N[C@H](c3ccccc3F)c3nccn3C)cs2)cc1. The van der Waals surface area contributed by atoms with Gasteiger partial charge in [0.15, 0.2) is 0 Å². The number of carbonyl (C=O) groups is 1. The maximum Gasteiger partial charge on any atom is 0.226 e. The summed E-state index contributed by atoms with van der Waals surface area (Å²) in [6.07, 6.45) is 3.50. The largest absolute Gasteiger partial charge is 0.342 e. The summed E-state index contributed by atoms with van der Waals surface area (Å²) in [5.41, 5.74) is 3.26. The second-order valence-electron chi connectivity index (χ2n) is 7.11. The zero-order chi connectivity index (χ0) is 21.1. The van der Waals surface area contributed by atoms with Crippen LogP contribution in [0.25, 0.3) is 10.6 Å². The van der Waals surface area contributed by atoms with E-state index >= 15 is 0 Å². The summed E-state index contributed by atoms with van der Waals surface area (Å²) >= 11 is 1.50. The zero-order valence-corrected chi connectivity index (χ0v) is 17.5. The fourth-order valence-electron chi connectivity index (χ4n) is 3.24. The summed E-state index contributed by atoms with van der Waals surface area (Å²) in [7, 11) is 1.82. The molecule has 4 rings (SSSR count). The van der Waals surface area contributed by atoms with Crippen LogP contribution in [0.3, 0.4) is 0 Å². The number of imidazole rings is 1. The first-order valence-corrected chi connectivity index (χ1v) is 10.4. The Labute approximate surface area is 178 Å². The highest BCUT2D eigenvalue weighted by Gasteiger charge is 2.24. The lowest BCUT2D eigenvalue weighted by Crippen LogP contribution is -2.32. The number of hydrogen-bond acceptors (Lipinski definition) is 4. The molecule has 1 atom stereocenters. The van der Waals surface area contributed by atoms with Crippen LogP contribution < -0.4 is 5.32 Å². The maximum absolute atomic E-state index is 14.5. The van der Waals surface area contributed by atoms with Crippen molar-refractivity contribution in [2.75, 3.05) is 0 Å². The molecular weight excluding hydrogens is 399 g/mol. The predicted molar refractivity (Wildman–Crippen MR) is 116 cm³/mol. The number of aromatic nitrogens is 3. The average Bonchev–Trinajstić information content (AvgIpc) is 3.36. The number of carbonyl (C=O) groups excluding carboxylic acids is 1. The Hall–Kier alpha value is -3.32. The number of amides is 1. The van der Waals surface area contributed by atoms with Gasteiger partial charge in [0, 0.05) is 35.9 Å². The first kappa shape index (κ1) is 20.0. The van der Waals surface area contributed by atoms with Gasteiger partial charge in [0.2, 0.25) is 5.91 Å². The van der Waals surface area contributed by atoms with E-state index in [1.807, 2.05) is 43.6 Å². The third kappa shape index (κ3) is 4.31. The quantitative estimate of drug-likeness (QED) is 0.502. The smallest absolute Gasteiger partial charge is 0.226 e. The molecule has 2 aromatic heterocycles. The lowest BCUT2D eigenvalue weighted by Gasteiger charge is -2.19.